The average molecular weight is 635 g/mol. The van der Waals surface area contributed by atoms with Gasteiger partial charge in [0.2, 0.25) is 0 Å². The molecule has 3 N–H and O–H groups in total. The van der Waals surface area contributed by atoms with E-state index < -0.39 is 53.0 Å². The second kappa shape index (κ2) is 14.7. The van der Waals surface area contributed by atoms with Crippen LogP contribution < -0.4 is 4.74 Å². The normalized spacial score (nSPS) is 20.2. The maximum Gasteiger partial charge on any atom is 0.453 e. The van der Waals surface area contributed by atoms with Crippen LogP contribution in [0.2, 0.25) is 0 Å². The van der Waals surface area contributed by atoms with Gasteiger partial charge >= 0.3 is 18.1 Å². The van der Waals surface area contributed by atoms with Gasteiger partial charge in [-0.2, -0.15) is 22.0 Å². The Balaban J connectivity index is 1.49. The molecule has 1 aliphatic rings. The Labute approximate surface area is 250 Å². The van der Waals surface area contributed by atoms with Crippen molar-refractivity contribution in [3.05, 3.63) is 53.6 Å². The predicted octanol–water partition coefficient (Wildman–Crippen LogP) is 7.69. The van der Waals surface area contributed by atoms with E-state index in [1.165, 1.54) is 0 Å². The van der Waals surface area contributed by atoms with Crippen molar-refractivity contribution in [2.75, 3.05) is 18.1 Å². The van der Waals surface area contributed by atoms with Crippen molar-refractivity contribution in [1.29, 1.82) is 0 Å². The molecule has 0 spiro atoms. The lowest BCUT2D eigenvalue weighted by molar-refractivity contribution is -0.284. The number of ether oxygens (including phenoxy) is 1. The molecule has 3 rings (SSSR count). The minimum atomic E-state index is -5.62. The van der Waals surface area contributed by atoms with Crippen molar-refractivity contribution < 1.29 is 51.0 Å². The van der Waals surface area contributed by atoms with Crippen LogP contribution in [0.5, 0.6) is 17.2 Å². The average Bonchev–Trinajstić information content (AvgIpc) is 2.92. The van der Waals surface area contributed by atoms with Gasteiger partial charge in [-0.3, -0.25) is 9.00 Å². The molecule has 4 unspecified atom stereocenters. The summed E-state index contributed by atoms with van der Waals surface area (Å²) in [7, 11) is -1.55. The minimum Gasteiger partial charge on any atom is -0.508 e. The number of unbranched alkanes of at least 4 members (excludes halogenated alkanes) is 2. The molecule has 1 aliphatic heterocycles. The smallest absolute Gasteiger partial charge is 0.453 e. The Hall–Kier alpha value is -2.89. The Kier molecular flexibility index (Phi) is 11.8. The summed E-state index contributed by atoms with van der Waals surface area (Å²) in [6.07, 6.45) is -3.79. The molecule has 2 aromatic rings. The molecule has 4 atom stereocenters. The highest BCUT2D eigenvalue weighted by Gasteiger charge is 2.56. The van der Waals surface area contributed by atoms with Gasteiger partial charge in [0.15, 0.2) is 0 Å². The summed E-state index contributed by atoms with van der Waals surface area (Å²) in [5, 5.41) is 29.4. The zero-order valence-electron chi connectivity index (χ0n) is 24.0. The van der Waals surface area contributed by atoms with Crippen molar-refractivity contribution in [2.24, 2.45) is 5.92 Å². The molecule has 12 heteroatoms. The van der Waals surface area contributed by atoms with Gasteiger partial charge in [0.25, 0.3) is 0 Å². The molecule has 0 aliphatic carbocycles. The molecule has 0 saturated heterocycles. The van der Waals surface area contributed by atoms with E-state index in [0.29, 0.717) is 44.5 Å². The Morgan fingerprint density at radius 3 is 2.19 bits per heavy atom. The number of carbonyl (C=O) groups is 1. The van der Waals surface area contributed by atoms with Crippen LogP contribution in [0.1, 0.15) is 81.8 Å². The number of benzene rings is 2. The molecule has 0 radical (unpaired) electrons. The fourth-order valence-electron chi connectivity index (χ4n) is 5.69. The minimum absolute atomic E-state index is 0.00994. The van der Waals surface area contributed by atoms with Crippen LogP contribution in [0.4, 0.5) is 22.0 Å². The molecule has 2 aromatic carbocycles. The predicted molar refractivity (Wildman–Crippen MR) is 153 cm³/mol. The van der Waals surface area contributed by atoms with E-state index >= 15 is 0 Å². The number of aromatic hydroxyl groups is 2. The quantitative estimate of drug-likeness (QED) is 0.129. The fraction of sp³-hybridized carbons (Fsp3) is 0.581. The van der Waals surface area contributed by atoms with Crippen LogP contribution in [-0.2, 0) is 21.0 Å². The fourth-order valence-corrected chi connectivity index (χ4v) is 6.89. The number of phenolic OH excluding ortho intramolecular Hbond substituents is 2. The molecule has 0 bridgehead atoms. The van der Waals surface area contributed by atoms with Crippen molar-refractivity contribution in [3.63, 3.8) is 0 Å². The van der Waals surface area contributed by atoms with Gasteiger partial charge in [-0.1, -0.05) is 44.4 Å². The van der Waals surface area contributed by atoms with Gasteiger partial charge in [0.05, 0.1) is 12.5 Å². The molecule has 6 nitrogen and oxygen atoms in total. The summed E-state index contributed by atoms with van der Waals surface area (Å²) in [5.74, 6) is -5.61. The third-order valence-electron chi connectivity index (χ3n) is 8.29. The number of aliphatic carboxylic acids is 1. The van der Waals surface area contributed by atoms with Crippen LogP contribution in [0.25, 0.3) is 0 Å². The number of phenols is 2. The number of halogens is 5. The molecule has 0 fully saturated rings. The summed E-state index contributed by atoms with van der Waals surface area (Å²) in [4.78, 5) is 11.9. The molecule has 0 saturated carbocycles. The first-order valence-corrected chi connectivity index (χ1v) is 15.9. The van der Waals surface area contributed by atoms with E-state index in [0.717, 1.165) is 24.0 Å². The zero-order valence-corrected chi connectivity index (χ0v) is 24.9. The van der Waals surface area contributed by atoms with Crippen molar-refractivity contribution in [2.45, 2.75) is 88.1 Å². The highest BCUT2D eigenvalue weighted by molar-refractivity contribution is 7.84. The summed E-state index contributed by atoms with van der Waals surface area (Å²) < 4.78 is 80.8. The van der Waals surface area contributed by atoms with Crippen LogP contribution in [0, 0.1) is 5.92 Å². The van der Waals surface area contributed by atoms with Crippen molar-refractivity contribution >= 4 is 16.8 Å². The van der Waals surface area contributed by atoms with Crippen LogP contribution in [0.3, 0.4) is 0 Å². The zero-order chi connectivity index (χ0) is 31.8. The molecular weight excluding hydrogens is 595 g/mol. The van der Waals surface area contributed by atoms with Gasteiger partial charge < -0.3 is 20.1 Å². The van der Waals surface area contributed by atoms with Gasteiger partial charge in [-0.25, -0.2) is 0 Å². The number of carboxylic acid groups (broad SMARTS) is 1. The number of fused-ring (bicyclic) bond motifs is 1. The summed E-state index contributed by atoms with van der Waals surface area (Å²) in [6.45, 7) is 2.45. The molecule has 0 amide bonds. The largest absolute Gasteiger partial charge is 0.508 e. The second-order valence-corrected chi connectivity index (χ2v) is 13.2. The van der Waals surface area contributed by atoms with Gasteiger partial charge in [0.1, 0.15) is 17.2 Å². The lowest BCUT2D eigenvalue weighted by Crippen LogP contribution is -2.40. The van der Waals surface area contributed by atoms with E-state index in [1.807, 2.05) is 18.2 Å². The number of carboxylic acids is 1. The van der Waals surface area contributed by atoms with Gasteiger partial charge in [-0.05, 0) is 61.4 Å². The van der Waals surface area contributed by atoms with Crippen LogP contribution in [0.15, 0.2) is 42.5 Å². The number of alkyl halides is 5. The molecular formula is C31H39F5O6S. The molecule has 240 valence electrons. The van der Waals surface area contributed by atoms with E-state index in [4.69, 9.17) is 4.74 Å². The Bertz CT molecular complexity index is 1240. The lowest BCUT2D eigenvalue weighted by atomic mass is 9.66. The first kappa shape index (κ1) is 34.6. The number of hydrogen-bond donors (Lipinski definition) is 3. The van der Waals surface area contributed by atoms with E-state index in [9.17, 15) is 46.3 Å². The first-order chi connectivity index (χ1) is 20.1. The van der Waals surface area contributed by atoms with Crippen LogP contribution >= 0.6 is 0 Å². The van der Waals surface area contributed by atoms with Crippen LogP contribution in [-0.4, -0.2) is 55.7 Å². The summed E-state index contributed by atoms with van der Waals surface area (Å²) >= 11 is 0. The van der Waals surface area contributed by atoms with Gasteiger partial charge in [-0.15, -0.1) is 0 Å². The highest BCUT2D eigenvalue weighted by atomic mass is 32.2. The number of hydrogen-bond acceptors (Lipinski definition) is 5. The highest BCUT2D eigenvalue weighted by Crippen LogP contribution is 2.50. The van der Waals surface area contributed by atoms with Gasteiger partial charge in [0, 0.05) is 46.1 Å². The summed E-state index contributed by atoms with van der Waals surface area (Å²) in [5.41, 5.74) is 1.51. The standard InChI is InChI=1S/C31H39F5O6S/c1-29(22-10-12-23(37)13-11-22)20-42-27-19-24(38)14-15-25(27)26(29)9-3-2-7-21(28(39)40)8-4-5-17-43(41)18-6-16-30(32,33)31(34,35)36/h10-15,19,21,26,37-38H,2-9,16-18,20H2,1H3,(H,39,40). The number of rotatable bonds is 16. The Morgan fingerprint density at radius 2 is 1.56 bits per heavy atom. The summed E-state index contributed by atoms with van der Waals surface area (Å²) in [6, 6.07) is 12.0. The van der Waals surface area contributed by atoms with E-state index in [1.54, 1.807) is 24.3 Å². The first-order valence-electron chi connectivity index (χ1n) is 14.4. The second-order valence-electron chi connectivity index (χ2n) is 11.5. The maximum absolute atomic E-state index is 13.0. The van der Waals surface area contributed by atoms with Crippen molar-refractivity contribution in [3.8, 4) is 17.2 Å². The third-order valence-corrected chi connectivity index (χ3v) is 9.78. The Morgan fingerprint density at radius 1 is 0.953 bits per heavy atom. The molecule has 1 heterocycles. The topological polar surface area (TPSA) is 104 Å². The molecule has 0 aromatic heterocycles. The third kappa shape index (κ3) is 9.30. The van der Waals surface area contributed by atoms with E-state index in [-0.39, 0.29) is 28.9 Å². The SMILES string of the molecule is CC1(c2ccc(O)cc2)COc2cc(O)ccc2C1CCCCC(CCCCS(=O)CCCC(F)(F)C(F)(F)F)C(=O)O. The van der Waals surface area contributed by atoms with Crippen molar-refractivity contribution in [1.82, 2.24) is 0 Å². The monoisotopic (exact) mass is 634 g/mol. The lowest BCUT2D eigenvalue weighted by Gasteiger charge is -2.43. The van der Waals surface area contributed by atoms with E-state index in [2.05, 4.69) is 6.92 Å². The molecule has 43 heavy (non-hydrogen) atoms. The maximum atomic E-state index is 13.0.